The molecule has 29 heavy (non-hydrogen) atoms. The lowest BCUT2D eigenvalue weighted by molar-refractivity contribution is 0.220. The molecule has 0 aromatic heterocycles. The molecule has 0 aliphatic carbocycles. The van der Waals surface area contributed by atoms with E-state index in [1.165, 1.54) is 37.0 Å². The molecular formula is C21H28N4O3S. The molecule has 8 heteroatoms. The van der Waals surface area contributed by atoms with Crippen LogP contribution >= 0.6 is 0 Å². The van der Waals surface area contributed by atoms with Crippen LogP contribution < -0.4 is 15.8 Å². The number of benzene rings is 2. The molecule has 2 aromatic rings. The number of amides is 2. The fourth-order valence-electron chi connectivity index (χ4n) is 3.46. The molecule has 3 rings (SSSR count). The summed E-state index contributed by atoms with van der Waals surface area (Å²) in [5, 5.41) is 10.8. The van der Waals surface area contributed by atoms with Crippen molar-refractivity contribution in [3.8, 4) is 0 Å². The van der Waals surface area contributed by atoms with Crippen LogP contribution in [0.3, 0.4) is 0 Å². The Morgan fingerprint density at radius 2 is 1.52 bits per heavy atom. The van der Waals surface area contributed by atoms with E-state index in [0.29, 0.717) is 13.1 Å². The molecule has 7 nitrogen and oxygen atoms in total. The van der Waals surface area contributed by atoms with Crippen molar-refractivity contribution in [2.75, 3.05) is 13.1 Å². The Labute approximate surface area is 172 Å². The molecule has 0 unspecified atom stereocenters. The Morgan fingerprint density at radius 3 is 2.17 bits per heavy atom. The molecule has 2 amide bonds. The highest BCUT2D eigenvalue weighted by atomic mass is 32.2. The summed E-state index contributed by atoms with van der Waals surface area (Å²) < 4.78 is 22.6. The highest BCUT2D eigenvalue weighted by Gasteiger charge is 2.13. The molecule has 0 spiro atoms. The zero-order valence-corrected chi connectivity index (χ0v) is 17.2. The summed E-state index contributed by atoms with van der Waals surface area (Å²) in [7, 11) is -3.71. The van der Waals surface area contributed by atoms with Crippen LogP contribution in [0, 0.1) is 0 Å². The lowest BCUT2D eigenvalue weighted by atomic mass is 10.0. The average molecular weight is 417 g/mol. The van der Waals surface area contributed by atoms with Gasteiger partial charge in [-0.15, -0.1) is 0 Å². The van der Waals surface area contributed by atoms with Crippen molar-refractivity contribution >= 4 is 16.1 Å². The molecule has 2 aromatic carbocycles. The Kier molecular flexibility index (Phi) is 7.24. The Morgan fingerprint density at radius 1 is 0.897 bits per heavy atom. The van der Waals surface area contributed by atoms with Crippen molar-refractivity contribution in [3.63, 3.8) is 0 Å². The van der Waals surface area contributed by atoms with Gasteiger partial charge in [-0.1, -0.05) is 42.8 Å². The average Bonchev–Trinajstić information content (AvgIpc) is 2.72. The number of carbonyl (C=O) groups excluding carboxylic acids is 1. The van der Waals surface area contributed by atoms with Crippen LogP contribution in [0.25, 0.3) is 0 Å². The topological polar surface area (TPSA) is 105 Å². The van der Waals surface area contributed by atoms with Crippen molar-refractivity contribution in [1.82, 2.24) is 15.5 Å². The summed E-state index contributed by atoms with van der Waals surface area (Å²) in [6.45, 7) is 3.93. The van der Waals surface area contributed by atoms with E-state index in [9.17, 15) is 13.2 Å². The van der Waals surface area contributed by atoms with Crippen LogP contribution in [-0.4, -0.2) is 32.4 Å². The maximum atomic E-state index is 12.2. The highest BCUT2D eigenvalue weighted by Crippen LogP contribution is 2.16. The summed E-state index contributed by atoms with van der Waals surface area (Å²) >= 11 is 0. The molecule has 0 radical (unpaired) electrons. The fourth-order valence-corrected chi connectivity index (χ4v) is 3.98. The summed E-state index contributed by atoms with van der Waals surface area (Å²) in [6, 6.07) is 14.1. The molecule has 156 valence electrons. The number of carbonyl (C=O) groups is 1. The number of sulfonamides is 1. The van der Waals surface area contributed by atoms with Crippen LogP contribution in [0.2, 0.25) is 0 Å². The molecule has 1 heterocycles. The number of nitrogens with one attached hydrogen (secondary N) is 2. The predicted octanol–water partition coefficient (Wildman–Crippen LogP) is 2.32. The van der Waals surface area contributed by atoms with Gasteiger partial charge in [-0.25, -0.2) is 18.4 Å². The molecule has 0 atom stereocenters. The number of hydrogen-bond donors (Lipinski definition) is 3. The number of piperidine rings is 1. The molecule has 0 saturated carbocycles. The molecule has 1 saturated heterocycles. The molecule has 1 aliphatic heterocycles. The third-order valence-electron chi connectivity index (χ3n) is 5.11. The second kappa shape index (κ2) is 9.87. The van der Waals surface area contributed by atoms with Gasteiger partial charge in [0.2, 0.25) is 10.0 Å². The van der Waals surface area contributed by atoms with Gasteiger partial charge in [0.1, 0.15) is 0 Å². The van der Waals surface area contributed by atoms with Crippen LogP contribution in [0.15, 0.2) is 53.4 Å². The third-order valence-corrected chi connectivity index (χ3v) is 6.03. The summed E-state index contributed by atoms with van der Waals surface area (Å²) in [4.78, 5) is 14.7. The number of hydrogen-bond acceptors (Lipinski definition) is 4. The smallest absolute Gasteiger partial charge is 0.315 e. The predicted molar refractivity (Wildman–Crippen MR) is 112 cm³/mol. The maximum absolute atomic E-state index is 12.2. The van der Waals surface area contributed by atoms with E-state index in [1.54, 1.807) is 12.1 Å². The monoisotopic (exact) mass is 416 g/mol. The van der Waals surface area contributed by atoms with Crippen molar-refractivity contribution in [3.05, 3.63) is 65.2 Å². The molecule has 4 N–H and O–H groups in total. The zero-order chi connectivity index (χ0) is 20.7. The second-order valence-corrected chi connectivity index (χ2v) is 8.89. The van der Waals surface area contributed by atoms with Crippen LogP contribution in [0.4, 0.5) is 4.79 Å². The van der Waals surface area contributed by atoms with E-state index in [2.05, 4.69) is 21.6 Å². The van der Waals surface area contributed by atoms with E-state index < -0.39 is 10.0 Å². The Balaban J connectivity index is 1.49. The number of primary sulfonamides is 1. The van der Waals surface area contributed by atoms with Gasteiger partial charge in [-0.05, 0) is 54.8 Å². The van der Waals surface area contributed by atoms with Gasteiger partial charge < -0.3 is 10.6 Å². The molecule has 0 bridgehead atoms. The summed E-state index contributed by atoms with van der Waals surface area (Å²) in [6.07, 6.45) is 3.81. The van der Waals surface area contributed by atoms with Gasteiger partial charge in [0.15, 0.2) is 0 Å². The van der Waals surface area contributed by atoms with Crippen molar-refractivity contribution in [2.24, 2.45) is 5.14 Å². The third kappa shape index (κ3) is 6.56. The Bertz CT molecular complexity index is 923. The number of nitrogens with zero attached hydrogens (tertiary/aromatic N) is 1. The maximum Gasteiger partial charge on any atom is 0.315 e. The summed E-state index contributed by atoms with van der Waals surface area (Å²) in [5.74, 6) is 0. The number of likely N-dealkylation sites (tertiary alicyclic amines) is 1. The van der Waals surface area contributed by atoms with Crippen molar-refractivity contribution < 1.29 is 13.2 Å². The fraction of sp³-hybridized carbons (Fsp3) is 0.381. The van der Waals surface area contributed by atoms with E-state index in [4.69, 9.17) is 5.14 Å². The van der Waals surface area contributed by atoms with E-state index in [0.717, 1.165) is 30.8 Å². The van der Waals surface area contributed by atoms with Gasteiger partial charge in [-0.3, -0.25) is 4.90 Å². The van der Waals surface area contributed by atoms with Crippen molar-refractivity contribution in [2.45, 2.75) is 43.8 Å². The first-order valence-electron chi connectivity index (χ1n) is 9.84. The first-order chi connectivity index (χ1) is 13.9. The van der Waals surface area contributed by atoms with Crippen LogP contribution in [0.5, 0.6) is 0 Å². The lowest BCUT2D eigenvalue weighted by Crippen LogP contribution is -2.35. The molecular weight excluding hydrogens is 388 g/mol. The minimum atomic E-state index is -3.71. The standard InChI is InChI=1S/C21H28N4O3S/c22-29(27,28)20-10-8-17(9-11-20)14-23-21(26)24-15-18-6-2-3-7-19(18)16-25-12-4-1-5-13-25/h2-3,6-11H,1,4-5,12-16H2,(H2,22,27,28)(H2,23,24,26). The van der Waals surface area contributed by atoms with Gasteiger partial charge in [0.05, 0.1) is 4.90 Å². The van der Waals surface area contributed by atoms with Gasteiger partial charge in [0, 0.05) is 19.6 Å². The number of urea groups is 1. The van der Waals surface area contributed by atoms with E-state index >= 15 is 0 Å². The minimum Gasteiger partial charge on any atom is -0.334 e. The Hall–Kier alpha value is -2.42. The van der Waals surface area contributed by atoms with E-state index in [-0.39, 0.29) is 10.9 Å². The van der Waals surface area contributed by atoms with Gasteiger partial charge in [-0.2, -0.15) is 0 Å². The SMILES string of the molecule is NS(=O)(=O)c1ccc(CNC(=O)NCc2ccccc2CN2CCCCC2)cc1. The van der Waals surface area contributed by atoms with Gasteiger partial charge in [0.25, 0.3) is 0 Å². The summed E-state index contributed by atoms with van der Waals surface area (Å²) in [5.41, 5.74) is 3.15. The normalized spacial score (nSPS) is 15.1. The second-order valence-electron chi connectivity index (χ2n) is 7.33. The molecule has 1 aliphatic rings. The van der Waals surface area contributed by atoms with Crippen molar-refractivity contribution in [1.29, 1.82) is 0 Å². The lowest BCUT2D eigenvalue weighted by Gasteiger charge is -2.27. The van der Waals surface area contributed by atoms with E-state index in [1.807, 2.05) is 18.2 Å². The highest BCUT2D eigenvalue weighted by molar-refractivity contribution is 7.89. The quantitative estimate of drug-likeness (QED) is 0.644. The first kappa shape index (κ1) is 21.3. The van der Waals surface area contributed by atoms with Crippen LogP contribution in [0.1, 0.15) is 36.0 Å². The number of rotatable bonds is 7. The minimum absolute atomic E-state index is 0.0519. The zero-order valence-electron chi connectivity index (χ0n) is 16.4. The van der Waals surface area contributed by atoms with Crippen LogP contribution in [-0.2, 0) is 29.7 Å². The first-order valence-corrected chi connectivity index (χ1v) is 11.4. The van der Waals surface area contributed by atoms with Gasteiger partial charge >= 0.3 is 6.03 Å². The molecule has 1 fully saturated rings. The number of nitrogens with two attached hydrogens (primary N) is 1. The largest absolute Gasteiger partial charge is 0.334 e.